The summed E-state index contributed by atoms with van der Waals surface area (Å²) in [6.07, 6.45) is 0. The molecule has 0 aliphatic rings. The highest BCUT2D eigenvalue weighted by Crippen LogP contribution is 2.27. The summed E-state index contributed by atoms with van der Waals surface area (Å²) < 4.78 is 10.6. The first-order valence-electron chi connectivity index (χ1n) is 8.51. The Morgan fingerprint density at radius 2 is 1.77 bits per heavy atom. The molecule has 1 atom stereocenters. The van der Waals surface area contributed by atoms with Gasteiger partial charge in [-0.2, -0.15) is 0 Å². The van der Waals surface area contributed by atoms with E-state index in [1.807, 2.05) is 36.4 Å². The van der Waals surface area contributed by atoms with Gasteiger partial charge in [-0.15, -0.1) is 0 Å². The van der Waals surface area contributed by atoms with Gasteiger partial charge in [0.05, 0.1) is 26.8 Å². The van der Waals surface area contributed by atoms with Gasteiger partial charge in [0.1, 0.15) is 0 Å². The second-order valence-electron chi connectivity index (χ2n) is 6.16. The van der Waals surface area contributed by atoms with Crippen LogP contribution in [0.25, 0.3) is 0 Å². The number of hydrogen-bond acceptors (Lipinski definition) is 4. The lowest BCUT2D eigenvalue weighted by atomic mass is 10.1. The molecule has 0 fully saturated rings. The first-order valence-corrected chi connectivity index (χ1v) is 8.51. The average Bonchev–Trinajstić information content (AvgIpc) is 2.66. The maximum atomic E-state index is 6.04. The molecular weight excluding hydrogens is 328 g/mol. The van der Waals surface area contributed by atoms with Crippen LogP contribution in [0.4, 0.5) is 0 Å². The molecule has 0 heterocycles. The Morgan fingerprint density at radius 3 is 2.38 bits per heavy atom. The topological polar surface area (TPSA) is 72.1 Å². The van der Waals surface area contributed by atoms with Gasteiger partial charge in [0.15, 0.2) is 17.5 Å². The highest BCUT2D eigenvalue weighted by Gasteiger charge is 2.13. The van der Waals surface area contributed by atoms with Crippen molar-refractivity contribution in [1.82, 2.24) is 10.2 Å². The molecule has 0 aliphatic carbocycles. The molecule has 3 N–H and O–H groups in total. The smallest absolute Gasteiger partial charge is 0.188 e. The van der Waals surface area contributed by atoms with Gasteiger partial charge in [0.2, 0.25) is 0 Å². The molecule has 140 valence electrons. The standard InChI is InChI=1S/C20H28N4O2/c1-24(2)17(16-8-6-5-7-9-16)14-23-20(21)22-13-15-10-11-18(25-3)19(12-15)26-4/h5-12,17H,13-14H2,1-4H3,(H3,21,22,23). The predicted octanol–water partition coefficient (Wildman–Crippen LogP) is 2.41. The van der Waals surface area contributed by atoms with Gasteiger partial charge in [-0.25, -0.2) is 4.99 Å². The highest BCUT2D eigenvalue weighted by molar-refractivity contribution is 5.77. The molecule has 6 heteroatoms. The molecule has 2 rings (SSSR count). The van der Waals surface area contributed by atoms with Crippen LogP contribution in [-0.2, 0) is 6.54 Å². The summed E-state index contributed by atoms with van der Waals surface area (Å²) in [6, 6.07) is 16.3. The molecule has 0 amide bonds. The van der Waals surface area contributed by atoms with Crippen molar-refractivity contribution in [3.63, 3.8) is 0 Å². The predicted molar refractivity (Wildman–Crippen MR) is 106 cm³/mol. The van der Waals surface area contributed by atoms with E-state index in [1.54, 1.807) is 14.2 Å². The van der Waals surface area contributed by atoms with Crippen molar-refractivity contribution < 1.29 is 9.47 Å². The maximum Gasteiger partial charge on any atom is 0.188 e. The van der Waals surface area contributed by atoms with Crippen LogP contribution in [-0.4, -0.2) is 45.7 Å². The van der Waals surface area contributed by atoms with Gasteiger partial charge in [-0.3, -0.25) is 0 Å². The number of guanidine groups is 1. The largest absolute Gasteiger partial charge is 0.493 e. The lowest BCUT2D eigenvalue weighted by Crippen LogP contribution is -2.38. The zero-order valence-electron chi connectivity index (χ0n) is 15.9. The number of aliphatic imine (C=N–C) groups is 1. The zero-order chi connectivity index (χ0) is 18.9. The SMILES string of the molecule is COc1ccc(CN=C(N)NCC(c2ccccc2)N(C)C)cc1OC. The summed E-state index contributed by atoms with van der Waals surface area (Å²) in [5.41, 5.74) is 8.27. The number of methoxy groups -OCH3 is 2. The minimum absolute atomic E-state index is 0.214. The van der Waals surface area contributed by atoms with Crippen molar-refractivity contribution in [2.24, 2.45) is 10.7 Å². The molecule has 6 nitrogen and oxygen atoms in total. The third-order valence-corrected chi connectivity index (χ3v) is 4.16. The molecule has 0 spiro atoms. The fourth-order valence-corrected chi connectivity index (χ4v) is 2.69. The minimum Gasteiger partial charge on any atom is -0.493 e. The van der Waals surface area contributed by atoms with E-state index in [0.717, 1.165) is 5.56 Å². The first kappa shape index (κ1) is 19.6. The molecular formula is C20H28N4O2. The third kappa shape index (κ3) is 5.39. The highest BCUT2D eigenvalue weighted by atomic mass is 16.5. The summed E-state index contributed by atoms with van der Waals surface area (Å²) >= 11 is 0. The van der Waals surface area contributed by atoms with Gasteiger partial charge >= 0.3 is 0 Å². The number of rotatable bonds is 8. The Labute approximate surface area is 155 Å². The summed E-state index contributed by atoms with van der Waals surface area (Å²) in [4.78, 5) is 6.58. The van der Waals surface area contributed by atoms with E-state index in [0.29, 0.717) is 30.5 Å². The fourth-order valence-electron chi connectivity index (χ4n) is 2.69. The summed E-state index contributed by atoms with van der Waals surface area (Å²) in [5.74, 6) is 1.80. The zero-order valence-corrected chi connectivity index (χ0v) is 15.9. The number of nitrogens with one attached hydrogen (secondary N) is 1. The summed E-state index contributed by atoms with van der Waals surface area (Å²) in [5, 5.41) is 3.21. The van der Waals surface area contributed by atoms with E-state index in [9.17, 15) is 0 Å². The van der Waals surface area contributed by atoms with E-state index < -0.39 is 0 Å². The summed E-state index contributed by atoms with van der Waals surface area (Å²) in [6.45, 7) is 1.15. The normalized spacial score (nSPS) is 12.7. The van der Waals surface area contributed by atoms with Crippen LogP contribution in [0, 0.1) is 0 Å². The van der Waals surface area contributed by atoms with E-state index in [2.05, 4.69) is 41.4 Å². The van der Waals surface area contributed by atoms with Crippen LogP contribution in [0.2, 0.25) is 0 Å². The van der Waals surface area contributed by atoms with Crippen molar-refractivity contribution in [3.05, 3.63) is 59.7 Å². The number of ether oxygens (including phenoxy) is 2. The molecule has 2 aromatic carbocycles. The number of likely N-dealkylation sites (N-methyl/N-ethyl adjacent to an activating group) is 1. The van der Waals surface area contributed by atoms with Crippen molar-refractivity contribution in [3.8, 4) is 11.5 Å². The second kappa shape index (κ2) is 9.68. The van der Waals surface area contributed by atoms with Gasteiger partial charge in [0, 0.05) is 6.54 Å². The van der Waals surface area contributed by atoms with Gasteiger partial charge < -0.3 is 25.4 Å². The lowest BCUT2D eigenvalue weighted by molar-refractivity contribution is 0.298. The third-order valence-electron chi connectivity index (χ3n) is 4.16. The number of hydrogen-bond donors (Lipinski definition) is 2. The maximum absolute atomic E-state index is 6.04. The Hall–Kier alpha value is -2.73. The van der Waals surface area contributed by atoms with E-state index >= 15 is 0 Å². The molecule has 1 unspecified atom stereocenters. The van der Waals surface area contributed by atoms with E-state index in [1.165, 1.54) is 5.56 Å². The van der Waals surface area contributed by atoms with Crippen molar-refractivity contribution in [2.75, 3.05) is 34.9 Å². The monoisotopic (exact) mass is 356 g/mol. The van der Waals surface area contributed by atoms with Crippen LogP contribution < -0.4 is 20.5 Å². The Bertz CT molecular complexity index is 717. The molecule has 0 saturated heterocycles. The Balaban J connectivity index is 1.97. The lowest BCUT2D eigenvalue weighted by Gasteiger charge is -2.25. The van der Waals surface area contributed by atoms with Crippen LogP contribution in [0.1, 0.15) is 17.2 Å². The van der Waals surface area contributed by atoms with Crippen LogP contribution in [0.5, 0.6) is 11.5 Å². The second-order valence-corrected chi connectivity index (χ2v) is 6.16. The van der Waals surface area contributed by atoms with Crippen LogP contribution >= 0.6 is 0 Å². The Morgan fingerprint density at radius 1 is 1.08 bits per heavy atom. The van der Waals surface area contributed by atoms with Crippen LogP contribution in [0.15, 0.2) is 53.5 Å². The van der Waals surface area contributed by atoms with Gasteiger partial charge in [-0.05, 0) is 37.4 Å². The van der Waals surface area contributed by atoms with Crippen LogP contribution in [0.3, 0.4) is 0 Å². The van der Waals surface area contributed by atoms with Gasteiger partial charge in [0.25, 0.3) is 0 Å². The van der Waals surface area contributed by atoms with Crippen molar-refractivity contribution in [1.29, 1.82) is 0 Å². The number of nitrogens with zero attached hydrogens (tertiary/aromatic N) is 2. The summed E-state index contributed by atoms with van der Waals surface area (Å²) in [7, 11) is 7.34. The number of nitrogens with two attached hydrogens (primary N) is 1. The van der Waals surface area contributed by atoms with Crippen molar-refractivity contribution >= 4 is 5.96 Å². The molecule has 0 bridgehead atoms. The molecule has 0 aromatic heterocycles. The Kier molecular flexibility index (Phi) is 7.29. The first-order chi connectivity index (χ1) is 12.5. The average molecular weight is 356 g/mol. The molecule has 2 aromatic rings. The quantitative estimate of drug-likeness (QED) is 0.561. The minimum atomic E-state index is 0.214. The fraction of sp³-hybridized carbons (Fsp3) is 0.350. The molecule has 0 aliphatic heterocycles. The molecule has 0 radical (unpaired) electrons. The van der Waals surface area contributed by atoms with Crippen molar-refractivity contribution in [2.45, 2.75) is 12.6 Å². The number of benzene rings is 2. The molecule has 26 heavy (non-hydrogen) atoms. The van der Waals surface area contributed by atoms with E-state index in [-0.39, 0.29) is 6.04 Å². The van der Waals surface area contributed by atoms with Gasteiger partial charge in [-0.1, -0.05) is 36.4 Å². The van der Waals surface area contributed by atoms with E-state index in [4.69, 9.17) is 15.2 Å². The molecule has 0 saturated carbocycles.